The summed E-state index contributed by atoms with van der Waals surface area (Å²) in [6.07, 6.45) is -3.14. The van der Waals surface area contributed by atoms with Crippen LogP contribution in [0.15, 0.2) is 0 Å². The fraction of sp³-hybridized carbons (Fsp3) is 1.00. The van der Waals surface area contributed by atoms with Crippen LogP contribution in [0.4, 0.5) is 0 Å². The zero-order valence-electron chi connectivity index (χ0n) is 9.83. The third-order valence-electron chi connectivity index (χ3n) is 2.63. The average molecular weight is 221 g/mol. The summed E-state index contributed by atoms with van der Waals surface area (Å²) in [5.74, 6) is -0.579. The van der Waals surface area contributed by atoms with Crippen LogP contribution in [0.2, 0.25) is 0 Å². The Morgan fingerprint density at radius 2 is 1.53 bits per heavy atom. The van der Waals surface area contributed by atoms with Crippen molar-refractivity contribution in [3.05, 3.63) is 0 Å². The van der Waals surface area contributed by atoms with Gasteiger partial charge in [-0.25, -0.2) is 0 Å². The molecule has 4 unspecified atom stereocenters. The molecule has 4 atom stereocenters. The molecule has 92 valence electrons. The van der Waals surface area contributed by atoms with Crippen LogP contribution in [0, 0.1) is 11.8 Å². The van der Waals surface area contributed by atoms with E-state index in [-0.39, 0.29) is 5.92 Å². The summed E-state index contributed by atoms with van der Waals surface area (Å²) in [5.41, 5.74) is 0. The summed E-state index contributed by atoms with van der Waals surface area (Å²) < 4.78 is 0. The predicted molar refractivity (Wildman–Crippen MR) is 57.1 cm³/mol. The first kappa shape index (κ1) is 14.8. The summed E-state index contributed by atoms with van der Waals surface area (Å²) in [5, 5.41) is 37.9. The maximum atomic E-state index is 9.86. The summed E-state index contributed by atoms with van der Waals surface area (Å²) in [4.78, 5) is 1.46. The first-order valence-corrected chi connectivity index (χ1v) is 5.14. The number of likely N-dealkylation sites (N-methyl/N-ethyl adjacent to an activating group) is 1. The van der Waals surface area contributed by atoms with Crippen LogP contribution in [-0.4, -0.2) is 64.5 Å². The van der Waals surface area contributed by atoms with E-state index in [1.165, 1.54) is 4.90 Å². The molecule has 0 rings (SSSR count). The number of nitrogens with zero attached hydrogens (tertiary/aromatic N) is 1. The fourth-order valence-corrected chi connectivity index (χ4v) is 1.69. The highest BCUT2D eigenvalue weighted by molar-refractivity contribution is 4.82. The van der Waals surface area contributed by atoms with E-state index in [9.17, 15) is 15.3 Å². The lowest BCUT2D eigenvalue weighted by Gasteiger charge is -2.34. The monoisotopic (exact) mass is 221 g/mol. The molecule has 0 heterocycles. The smallest absolute Gasteiger partial charge is 0.133 e. The average Bonchev–Trinajstić information content (AvgIpc) is 2.15. The molecule has 15 heavy (non-hydrogen) atoms. The molecule has 0 aromatic rings. The highest BCUT2D eigenvalue weighted by atomic mass is 16.4. The Bertz CT molecular complexity index is 175. The highest BCUT2D eigenvalue weighted by Crippen LogP contribution is 2.22. The highest BCUT2D eigenvalue weighted by Gasteiger charge is 2.34. The third kappa shape index (κ3) is 4.04. The van der Waals surface area contributed by atoms with Gasteiger partial charge in [-0.05, 0) is 20.0 Å². The van der Waals surface area contributed by atoms with Crippen molar-refractivity contribution in [2.24, 2.45) is 11.8 Å². The van der Waals surface area contributed by atoms with Gasteiger partial charge < -0.3 is 20.4 Å². The molecule has 0 radical (unpaired) electrons. The van der Waals surface area contributed by atoms with E-state index >= 15 is 0 Å². The Kier molecular flexibility index (Phi) is 6.31. The standard InChI is InChI=1S/C10H23NO4/c1-6(2)8(7(13)5-12)9(14)10(15)11(3)4/h6-10,12-15H,5H2,1-4H3. The molecule has 5 nitrogen and oxygen atoms in total. The van der Waals surface area contributed by atoms with Gasteiger partial charge >= 0.3 is 0 Å². The summed E-state index contributed by atoms with van der Waals surface area (Å²) >= 11 is 0. The van der Waals surface area contributed by atoms with Crippen molar-refractivity contribution in [1.82, 2.24) is 4.90 Å². The van der Waals surface area contributed by atoms with Crippen LogP contribution in [0.1, 0.15) is 13.8 Å². The predicted octanol–water partition coefficient (Wildman–Crippen LogP) is -1.15. The SMILES string of the molecule is CC(C)C(C(O)CO)C(O)C(O)N(C)C. The normalized spacial score (nSPS) is 20.4. The van der Waals surface area contributed by atoms with Gasteiger partial charge in [0.15, 0.2) is 0 Å². The van der Waals surface area contributed by atoms with Crippen LogP contribution >= 0.6 is 0 Å². The molecule has 0 aliphatic rings. The Morgan fingerprint density at radius 3 is 1.80 bits per heavy atom. The summed E-state index contributed by atoms with van der Waals surface area (Å²) in [6.45, 7) is 3.24. The van der Waals surface area contributed by atoms with Gasteiger partial charge in [-0.15, -0.1) is 0 Å². The number of rotatable bonds is 6. The number of hydrogen-bond acceptors (Lipinski definition) is 5. The number of hydrogen-bond donors (Lipinski definition) is 4. The van der Waals surface area contributed by atoms with Crippen molar-refractivity contribution in [2.45, 2.75) is 32.3 Å². The quantitative estimate of drug-likeness (QED) is 0.426. The van der Waals surface area contributed by atoms with E-state index < -0.39 is 31.0 Å². The van der Waals surface area contributed by atoms with Crippen molar-refractivity contribution in [1.29, 1.82) is 0 Å². The molecule has 0 aromatic carbocycles. The number of aliphatic hydroxyl groups is 4. The van der Waals surface area contributed by atoms with Crippen molar-refractivity contribution < 1.29 is 20.4 Å². The second-order valence-electron chi connectivity index (χ2n) is 4.44. The van der Waals surface area contributed by atoms with Crippen molar-refractivity contribution in [2.75, 3.05) is 20.7 Å². The van der Waals surface area contributed by atoms with E-state index in [0.29, 0.717) is 0 Å². The minimum Gasteiger partial charge on any atom is -0.394 e. The molecule has 0 saturated heterocycles. The first-order chi connectivity index (χ1) is 6.82. The maximum absolute atomic E-state index is 9.86. The van der Waals surface area contributed by atoms with Gasteiger partial charge in [0.05, 0.1) is 18.8 Å². The molecular formula is C10H23NO4. The first-order valence-electron chi connectivity index (χ1n) is 5.14. The van der Waals surface area contributed by atoms with E-state index in [1.807, 2.05) is 13.8 Å². The molecule has 0 aliphatic carbocycles. The van der Waals surface area contributed by atoms with Crippen molar-refractivity contribution in [3.63, 3.8) is 0 Å². The van der Waals surface area contributed by atoms with Gasteiger partial charge in [-0.3, -0.25) is 4.90 Å². The molecule has 0 saturated carbocycles. The summed E-state index contributed by atoms with van der Waals surface area (Å²) in [7, 11) is 3.27. The Morgan fingerprint density at radius 1 is 1.07 bits per heavy atom. The van der Waals surface area contributed by atoms with E-state index in [0.717, 1.165) is 0 Å². The minimum absolute atomic E-state index is 0.0308. The molecular weight excluding hydrogens is 198 g/mol. The zero-order chi connectivity index (χ0) is 12.2. The second-order valence-corrected chi connectivity index (χ2v) is 4.44. The number of aliphatic hydroxyl groups excluding tert-OH is 4. The molecule has 5 heteroatoms. The van der Waals surface area contributed by atoms with Crippen LogP contribution < -0.4 is 0 Å². The van der Waals surface area contributed by atoms with E-state index in [2.05, 4.69) is 0 Å². The van der Waals surface area contributed by atoms with Crippen molar-refractivity contribution >= 4 is 0 Å². The second kappa shape index (κ2) is 6.40. The van der Waals surface area contributed by atoms with Gasteiger partial charge in [0.1, 0.15) is 6.23 Å². The van der Waals surface area contributed by atoms with Gasteiger partial charge in [-0.2, -0.15) is 0 Å². The molecule has 4 N–H and O–H groups in total. The van der Waals surface area contributed by atoms with Crippen LogP contribution in [0.3, 0.4) is 0 Å². The lowest BCUT2D eigenvalue weighted by molar-refractivity contribution is -0.126. The third-order valence-corrected chi connectivity index (χ3v) is 2.63. The van der Waals surface area contributed by atoms with Crippen LogP contribution in [0.25, 0.3) is 0 Å². The Hall–Kier alpha value is -0.200. The Labute approximate surface area is 91.0 Å². The van der Waals surface area contributed by atoms with Crippen molar-refractivity contribution in [3.8, 4) is 0 Å². The van der Waals surface area contributed by atoms with Crippen LogP contribution in [-0.2, 0) is 0 Å². The van der Waals surface area contributed by atoms with Gasteiger partial charge in [0.25, 0.3) is 0 Å². The fourth-order valence-electron chi connectivity index (χ4n) is 1.69. The zero-order valence-corrected chi connectivity index (χ0v) is 9.83. The molecule has 0 fully saturated rings. The molecule has 0 spiro atoms. The topological polar surface area (TPSA) is 84.2 Å². The molecule has 0 bridgehead atoms. The van der Waals surface area contributed by atoms with Gasteiger partial charge in [0.2, 0.25) is 0 Å². The van der Waals surface area contributed by atoms with E-state index in [4.69, 9.17) is 5.11 Å². The lowest BCUT2D eigenvalue weighted by atomic mass is 9.84. The van der Waals surface area contributed by atoms with Gasteiger partial charge in [0, 0.05) is 5.92 Å². The largest absolute Gasteiger partial charge is 0.394 e. The lowest BCUT2D eigenvalue weighted by Crippen LogP contribution is -2.49. The molecule has 0 amide bonds. The maximum Gasteiger partial charge on any atom is 0.133 e. The van der Waals surface area contributed by atoms with Crippen LogP contribution in [0.5, 0.6) is 0 Å². The molecule has 0 aromatic heterocycles. The minimum atomic E-state index is -1.08. The van der Waals surface area contributed by atoms with E-state index in [1.54, 1.807) is 14.1 Å². The summed E-state index contributed by atoms with van der Waals surface area (Å²) in [6, 6.07) is 0. The van der Waals surface area contributed by atoms with Gasteiger partial charge in [-0.1, -0.05) is 13.8 Å². The molecule has 0 aliphatic heterocycles. The Balaban J connectivity index is 4.62.